The first-order chi connectivity index (χ1) is 7.22. The van der Waals surface area contributed by atoms with Gasteiger partial charge in [-0.05, 0) is 24.2 Å². The Labute approximate surface area is 89.9 Å². The summed E-state index contributed by atoms with van der Waals surface area (Å²) in [4.78, 5) is 0. The molecule has 2 rings (SSSR count). The van der Waals surface area contributed by atoms with E-state index in [-0.39, 0.29) is 0 Å². The van der Waals surface area contributed by atoms with Crippen LogP contribution >= 0.6 is 0 Å². The fourth-order valence-electron chi connectivity index (χ4n) is 1.89. The molecule has 0 saturated heterocycles. The van der Waals surface area contributed by atoms with E-state index in [4.69, 9.17) is 5.73 Å². The minimum atomic E-state index is 0.818. The number of fused-ring (bicyclic) bond motifs is 1. The predicted octanol–water partition coefficient (Wildman–Crippen LogP) is 1.87. The minimum Gasteiger partial charge on any atom is -0.399 e. The van der Waals surface area contributed by atoms with Crippen LogP contribution in [0.5, 0.6) is 0 Å². The average Bonchev–Trinajstić information content (AvgIpc) is 2.53. The molecule has 0 bridgehead atoms. The molecule has 0 aliphatic rings. The fraction of sp³-hybridized carbons (Fsp3) is 0.333. The lowest BCUT2D eigenvalue weighted by molar-refractivity contribution is 0.727. The van der Waals surface area contributed by atoms with E-state index in [2.05, 4.69) is 36.1 Å². The summed E-state index contributed by atoms with van der Waals surface area (Å²) in [6.07, 6.45) is 2.16. The van der Waals surface area contributed by atoms with Gasteiger partial charge in [-0.15, -0.1) is 0 Å². The summed E-state index contributed by atoms with van der Waals surface area (Å²) in [7, 11) is 2.05. The third-order valence-corrected chi connectivity index (χ3v) is 2.66. The lowest BCUT2D eigenvalue weighted by Gasteiger charge is -2.00. The Morgan fingerprint density at radius 3 is 2.93 bits per heavy atom. The minimum absolute atomic E-state index is 0.818. The van der Waals surface area contributed by atoms with Gasteiger partial charge in [0.05, 0.1) is 5.52 Å². The summed E-state index contributed by atoms with van der Waals surface area (Å²) in [6.45, 7) is 4.02. The Bertz CT molecular complexity index is 471. The first kappa shape index (κ1) is 10.1. The van der Waals surface area contributed by atoms with E-state index in [1.807, 2.05) is 12.1 Å². The molecule has 0 fully saturated rings. The van der Waals surface area contributed by atoms with Gasteiger partial charge in [0.2, 0.25) is 0 Å². The van der Waals surface area contributed by atoms with Crippen LogP contribution in [-0.4, -0.2) is 11.1 Å². The molecule has 1 heterocycles. The first-order valence-electron chi connectivity index (χ1n) is 5.26. The number of benzene rings is 1. The highest BCUT2D eigenvalue weighted by atomic mass is 14.9. The first-order valence-corrected chi connectivity index (χ1v) is 5.26. The molecule has 1 aromatic carbocycles. The summed E-state index contributed by atoms with van der Waals surface area (Å²) >= 11 is 0. The monoisotopic (exact) mass is 203 g/mol. The zero-order chi connectivity index (χ0) is 10.8. The highest BCUT2D eigenvalue weighted by Gasteiger charge is 2.05. The number of nitrogens with zero attached hydrogens (tertiary/aromatic N) is 1. The van der Waals surface area contributed by atoms with Gasteiger partial charge in [-0.3, -0.25) is 0 Å². The third kappa shape index (κ3) is 1.83. The van der Waals surface area contributed by atoms with E-state index in [0.29, 0.717) is 0 Å². The van der Waals surface area contributed by atoms with Crippen LogP contribution < -0.4 is 11.1 Å². The molecule has 3 N–H and O–H groups in total. The van der Waals surface area contributed by atoms with Crippen molar-refractivity contribution in [3.05, 3.63) is 30.0 Å². The topological polar surface area (TPSA) is 43.0 Å². The summed E-state index contributed by atoms with van der Waals surface area (Å²) < 4.78 is 2.12. The standard InChI is InChI=1S/C12H17N3/c1-3-14-7-9-8-15(2)12-6-10(13)4-5-11(9)12/h4-6,8,14H,3,7,13H2,1-2H3. The number of nitrogens with one attached hydrogen (secondary N) is 1. The Morgan fingerprint density at radius 2 is 2.20 bits per heavy atom. The maximum Gasteiger partial charge on any atom is 0.0501 e. The fourth-order valence-corrected chi connectivity index (χ4v) is 1.89. The van der Waals surface area contributed by atoms with Crippen molar-refractivity contribution < 1.29 is 0 Å². The van der Waals surface area contributed by atoms with E-state index in [9.17, 15) is 0 Å². The van der Waals surface area contributed by atoms with Gasteiger partial charge < -0.3 is 15.6 Å². The molecular weight excluding hydrogens is 186 g/mol. The number of hydrogen-bond donors (Lipinski definition) is 2. The second kappa shape index (κ2) is 3.95. The van der Waals surface area contributed by atoms with Crippen LogP contribution in [0.2, 0.25) is 0 Å². The maximum absolute atomic E-state index is 5.77. The molecule has 0 radical (unpaired) electrons. The Hall–Kier alpha value is -1.48. The zero-order valence-electron chi connectivity index (χ0n) is 9.25. The summed E-state index contributed by atoms with van der Waals surface area (Å²) in [5.74, 6) is 0. The van der Waals surface area contributed by atoms with E-state index in [1.54, 1.807) is 0 Å². The van der Waals surface area contributed by atoms with E-state index >= 15 is 0 Å². The van der Waals surface area contributed by atoms with Gasteiger partial charge >= 0.3 is 0 Å². The smallest absolute Gasteiger partial charge is 0.0501 e. The average molecular weight is 203 g/mol. The number of anilines is 1. The number of aromatic nitrogens is 1. The molecule has 0 amide bonds. The van der Waals surface area contributed by atoms with Crippen molar-refractivity contribution in [3.8, 4) is 0 Å². The number of hydrogen-bond acceptors (Lipinski definition) is 2. The van der Waals surface area contributed by atoms with Gasteiger partial charge in [-0.25, -0.2) is 0 Å². The van der Waals surface area contributed by atoms with Crippen LogP contribution in [0.25, 0.3) is 10.9 Å². The second-order valence-electron chi connectivity index (χ2n) is 3.82. The zero-order valence-corrected chi connectivity index (χ0v) is 9.25. The third-order valence-electron chi connectivity index (χ3n) is 2.66. The lowest BCUT2D eigenvalue weighted by atomic mass is 10.1. The van der Waals surface area contributed by atoms with Crippen LogP contribution in [-0.2, 0) is 13.6 Å². The quantitative estimate of drug-likeness (QED) is 0.748. The Morgan fingerprint density at radius 1 is 1.40 bits per heavy atom. The largest absolute Gasteiger partial charge is 0.399 e. The maximum atomic E-state index is 5.77. The summed E-state index contributed by atoms with van der Waals surface area (Å²) in [5.41, 5.74) is 9.12. The normalized spacial score (nSPS) is 11.1. The molecule has 0 aliphatic heterocycles. The van der Waals surface area contributed by atoms with Crippen molar-refractivity contribution in [3.63, 3.8) is 0 Å². The van der Waals surface area contributed by atoms with Crippen molar-refractivity contribution in [2.24, 2.45) is 7.05 Å². The van der Waals surface area contributed by atoms with E-state index < -0.39 is 0 Å². The Kier molecular flexibility index (Phi) is 2.64. The number of nitrogen functional groups attached to an aromatic ring is 1. The molecule has 0 atom stereocenters. The summed E-state index contributed by atoms with van der Waals surface area (Å²) in [6, 6.07) is 6.07. The van der Waals surface area contributed by atoms with Crippen LogP contribution in [0.15, 0.2) is 24.4 Å². The second-order valence-corrected chi connectivity index (χ2v) is 3.82. The van der Waals surface area contributed by atoms with Crippen LogP contribution in [0.1, 0.15) is 12.5 Å². The Balaban J connectivity index is 2.48. The summed E-state index contributed by atoms with van der Waals surface area (Å²) in [5, 5.41) is 4.62. The molecule has 0 saturated carbocycles. The molecule has 1 aromatic heterocycles. The lowest BCUT2D eigenvalue weighted by Crippen LogP contribution is -2.11. The molecule has 3 heteroatoms. The SMILES string of the molecule is CCNCc1cn(C)c2cc(N)ccc12. The molecule has 2 aromatic rings. The van der Waals surface area contributed by atoms with Crippen LogP contribution in [0.4, 0.5) is 5.69 Å². The number of nitrogens with two attached hydrogens (primary N) is 1. The van der Waals surface area contributed by atoms with Crippen molar-refractivity contribution in [2.75, 3.05) is 12.3 Å². The van der Waals surface area contributed by atoms with Crippen molar-refractivity contribution in [1.29, 1.82) is 0 Å². The molecule has 15 heavy (non-hydrogen) atoms. The van der Waals surface area contributed by atoms with Crippen LogP contribution in [0, 0.1) is 0 Å². The van der Waals surface area contributed by atoms with Gasteiger partial charge in [0.1, 0.15) is 0 Å². The van der Waals surface area contributed by atoms with Crippen molar-refractivity contribution >= 4 is 16.6 Å². The number of aryl methyl sites for hydroxylation is 1. The highest BCUT2D eigenvalue weighted by Crippen LogP contribution is 2.22. The molecule has 0 aliphatic carbocycles. The molecular formula is C12H17N3. The van der Waals surface area contributed by atoms with E-state index in [1.165, 1.54) is 16.5 Å². The molecule has 0 spiro atoms. The van der Waals surface area contributed by atoms with E-state index in [0.717, 1.165) is 18.8 Å². The molecule has 3 nitrogen and oxygen atoms in total. The van der Waals surface area contributed by atoms with Gasteiger partial charge in [0.15, 0.2) is 0 Å². The molecule has 0 unspecified atom stereocenters. The van der Waals surface area contributed by atoms with Gasteiger partial charge in [-0.1, -0.05) is 13.0 Å². The molecule has 80 valence electrons. The van der Waals surface area contributed by atoms with Gasteiger partial charge in [0, 0.05) is 30.9 Å². The highest BCUT2D eigenvalue weighted by molar-refractivity contribution is 5.86. The van der Waals surface area contributed by atoms with Gasteiger partial charge in [0.25, 0.3) is 0 Å². The van der Waals surface area contributed by atoms with Crippen molar-refractivity contribution in [1.82, 2.24) is 9.88 Å². The van der Waals surface area contributed by atoms with Gasteiger partial charge in [-0.2, -0.15) is 0 Å². The predicted molar refractivity (Wildman–Crippen MR) is 64.7 cm³/mol. The van der Waals surface area contributed by atoms with Crippen LogP contribution in [0.3, 0.4) is 0 Å². The number of rotatable bonds is 3. The van der Waals surface area contributed by atoms with Crippen molar-refractivity contribution in [2.45, 2.75) is 13.5 Å².